The van der Waals surface area contributed by atoms with Crippen molar-refractivity contribution in [2.45, 2.75) is 25.7 Å². The fourth-order valence-corrected chi connectivity index (χ4v) is 2.91. The minimum absolute atomic E-state index is 0.247. The number of aliphatic hydroxyl groups excluding tert-OH is 2. The van der Waals surface area contributed by atoms with E-state index in [2.05, 4.69) is 0 Å². The highest BCUT2D eigenvalue weighted by atomic mass is 32.2. The Bertz CT molecular complexity index is 663. The molecule has 0 saturated heterocycles. The Morgan fingerprint density at radius 1 is 1.25 bits per heavy atom. The lowest BCUT2D eigenvalue weighted by atomic mass is 10.0. The second-order valence-electron chi connectivity index (χ2n) is 4.87. The fraction of sp³-hybridized carbons (Fsp3) is 0.400. The standard InChI is InChI=1S/C15H18O4S/c1-9-3-13-11(7-20-8-12(17)6-16)5-15(18)19-14(13)4-10(9)2/h3-5,12,16-17H,6-8H2,1-2H3/t12-/m1/s1. The van der Waals surface area contributed by atoms with Gasteiger partial charge in [-0.25, -0.2) is 4.79 Å². The summed E-state index contributed by atoms with van der Waals surface area (Å²) in [4.78, 5) is 11.6. The molecular weight excluding hydrogens is 276 g/mol. The minimum Gasteiger partial charge on any atom is -0.423 e. The first-order valence-corrected chi connectivity index (χ1v) is 7.57. The van der Waals surface area contributed by atoms with E-state index in [0.29, 0.717) is 17.1 Å². The third kappa shape index (κ3) is 3.42. The first kappa shape index (κ1) is 15.1. The largest absolute Gasteiger partial charge is 0.423 e. The molecule has 0 aliphatic carbocycles. The maximum Gasteiger partial charge on any atom is 0.336 e. The molecule has 0 amide bonds. The van der Waals surface area contributed by atoms with Crippen LogP contribution in [0.15, 0.2) is 27.4 Å². The van der Waals surface area contributed by atoms with Crippen LogP contribution in [0.2, 0.25) is 0 Å². The zero-order chi connectivity index (χ0) is 14.7. The van der Waals surface area contributed by atoms with E-state index < -0.39 is 6.10 Å². The van der Waals surface area contributed by atoms with Gasteiger partial charge in [-0.1, -0.05) is 0 Å². The van der Waals surface area contributed by atoms with Crippen LogP contribution in [0.1, 0.15) is 16.7 Å². The highest BCUT2D eigenvalue weighted by Gasteiger charge is 2.09. The zero-order valence-corrected chi connectivity index (χ0v) is 12.4. The number of benzene rings is 1. The molecule has 0 aliphatic rings. The van der Waals surface area contributed by atoms with Gasteiger partial charge in [0, 0.05) is 23.0 Å². The minimum atomic E-state index is -0.727. The summed E-state index contributed by atoms with van der Waals surface area (Å²) in [7, 11) is 0. The fourth-order valence-electron chi connectivity index (χ4n) is 1.96. The van der Waals surface area contributed by atoms with Gasteiger partial charge in [0.1, 0.15) is 5.58 Å². The molecule has 1 heterocycles. The van der Waals surface area contributed by atoms with Crippen LogP contribution in [-0.4, -0.2) is 28.7 Å². The van der Waals surface area contributed by atoms with Crippen molar-refractivity contribution in [3.8, 4) is 0 Å². The molecule has 0 radical (unpaired) electrons. The molecule has 1 aromatic heterocycles. The van der Waals surface area contributed by atoms with Gasteiger partial charge in [-0.15, -0.1) is 0 Å². The van der Waals surface area contributed by atoms with Crippen molar-refractivity contribution in [3.05, 3.63) is 45.3 Å². The van der Waals surface area contributed by atoms with Crippen molar-refractivity contribution >= 4 is 22.7 Å². The first-order valence-electron chi connectivity index (χ1n) is 6.42. The zero-order valence-electron chi connectivity index (χ0n) is 11.5. The van der Waals surface area contributed by atoms with Crippen LogP contribution in [0.4, 0.5) is 0 Å². The highest BCUT2D eigenvalue weighted by Crippen LogP contribution is 2.24. The molecule has 108 valence electrons. The van der Waals surface area contributed by atoms with Crippen molar-refractivity contribution < 1.29 is 14.6 Å². The molecule has 5 heteroatoms. The summed E-state index contributed by atoms with van der Waals surface area (Å²) in [5.41, 5.74) is 3.36. The SMILES string of the molecule is Cc1cc2oc(=O)cc(CSC[C@H](O)CO)c2cc1C. The molecule has 0 unspecified atom stereocenters. The van der Waals surface area contributed by atoms with Gasteiger partial charge in [0.25, 0.3) is 0 Å². The van der Waals surface area contributed by atoms with Crippen LogP contribution in [-0.2, 0) is 5.75 Å². The Labute approximate surface area is 121 Å². The van der Waals surface area contributed by atoms with Crippen molar-refractivity contribution in [2.24, 2.45) is 0 Å². The van der Waals surface area contributed by atoms with Crippen LogP contribution in [0, 0.1) is 13.8 Å². The van der Waals surface area contributed by atoms with Crippen molar-refractivity contribution in [2.75, 3.05) is 12.4 Å². The predicted molar refractivity (Wildman–Crippen MR) is 81.2 cm³/mol. The molecule has 2 N–H and O–H groups in total. The summed E-state index contributed by atoms with van der Waals surface area (Å²) in [5.74, 6) is 1.03. The average molecular weight is 294 g/mol. The summed E-state index contributed by atoms with van der Waals surface area (Å²) >= 11 is 1.48. The Balaban J connectivity index is 2.32. The lowest BCUT2D eigenvalue weighted by molar-refractivity contribution is 0.113. The molecule has 2 aromatic rings. The number of hydrogen-bond donors (Lipinski definition) is 2. The van der Waals surface area contributed by atoms with Gasteiger partial charge in [0.05, 0.1) is 12.7 Å². The second-order valence-corrected chi connectivity index (χ2v) is 5.91. The van der Waals surface area contributed by atoms with Gasteiger partial charge in [-0.2, -0.15) is 11.8 Å². The third-order valence-corrected chi connectivity index (χ3v) is 4.36. The highest BCUT2D eigenvalue weighted by molar-refractivity contribution is 7.98. The van der Waals surface area contributed by atoms with Gasteiger partial charge < -0.3 is 14.6 Å². The normalized spacial score (nSPS) is 12.8. The van der Waals surface area contributed by atoms with Crippen molar-refractivity contribution in [1.82, 2.24) is 0 Å². The molecule has 0 bridgehead atoms. The Hall–Kier alpha value is -1.30. The Morgan fingerprint density at radius 3 is 2.65 bits per heavy atom. The molecule has 0 saturated carbocycles. The number of rotatable bonds is 5. The van der Waals surface area contributed by atoms with Crippen LogP contribution in [0.25, 0.3) is 11.0 Å². The number of aryl methyl sites for hydroxylation is 2. The van der Waals surface area contributed by atoms with Crippen molar-refractivity contribution in [3.63, 3.8) is 0 Å². The summed E-state index contributed by atoms with van der Waals surface area (Å²) in [6.45, 7) is 3.75. The second kappa shape index (κ2) is 6.43. The lowest BCUT2D eigenvalue weighted by Gasteiger charge is -2.09. The summed E-state index contributed by atoms with van der Waals surface area (Å²) in [6, 6.07) is 5.39. The van der Waals surface area contributed by atoms with E-state index in [1.54, 1.807) is 0 Å². The predicted octanol–water partition coefficient (Wildman–Crippen LogP) is 2.00. The number of fused-ring (bicyclic) bond motifs is 1. The van der Waals surface area contributed by atoms with E-state index in [1.807, 2.05) is 26.0 Å². The molecule has 1 aromatic carbocycles. The number of hydrogen-bond acceptors (Lipinski definition) is 5. The van der Waals surface area contributed by atoms with E-state index in [4.69, 9.17) is 9.52 Å². The maximum atomic E-state index is 11.6. The van der Waals surface area contributed by atoms with Crippen LogP contribution in [0.5, 0.6) is 0 Å². The molecule has 4 nitrogen and oxygen atoms in total. The van der Waals surface area contributed by atoms with Crippen molar-refractivity contribution in [1.29, 1.82) is 0 Å². The van der Waals surface area contributed by atoms with Gasteiger partial charge in [-0.05, 0) is 42.7 Å². The van der Waals surface area contributed by atoms with Crippen LogP contribution in [0.3, 0.4) is 0 Å². The number of thioether (sulfide) groups is 1. The lowest BCUT2D eigenvalue weighted by Crippen LogP contribution is -2.14. The van der Waals surface area contributed by atoms with Crippen LogP contribution < -0.4 is 5.63 Å². The topological polar surface area (TPSA) is 70.7 Å². The van der Waals surface area contributed by atoms with E-state index in [9.17, 15) is 9.90 Å². The van der Waals surface area contributed by atoms with E-state index in [0.717, 1.165) is 22.1 Å². The van der Waals surface area contributed by atoms with E-state index in [1.165, 1.54) is 17.8 Å². The van der Waals surface area contributed by atoms with Crippen LogP contribution >= 0.6 is 11.8 Å². The Kier molecular flexibility index (Phi) is 4.86. The molecule has 0 spiro atoms. The quantitative estimate of drug-likeness (QED) is 0.825. The molecule has 1 atom stereocenters. The average Bonchev–Trinajstić information content (AvgIpc) is 2.40. The summed E-state index contributed by atoms with van der Waals surface area (Å²) in [6.07, 6.45) is -0.727. The summed E-state index contributed by atoms with van der Waals surface area (Å²) < 4.78 is 5.23. The molecule has 0 fully saturated rings. The monoisotopic (exact) mass is 294 g/mol. The molecule has 0 aliphatic heterocycles. The first-order chi connectivity index (χ1) is 9.51. The Morgan fingerprint density at radius 2 is 1.95 bits per heavy atom. The maximum absolute atomic E-state index is 11.6. The van der Waals surface area contributed by atoms with Gasteiger partial charge in [-0.3, -0.25) is 0 Å². The van der Waals surface area contributed by atoms with Gasteiger partial charge >= 0.3 is 5.63 Å². The smallest absolute Gasteiger partial charge is 0.336 e. The molecule has 20 heavy (non-hydrogen) atoms. The summed E-state index contributed by atoms with van der Waals surface area (Å²) in [5, 5.41) is 19.0. The van der Waals surface area contributed by atoms with Gasteiger partial charge in [0.2, 0.25) is 0 Å². The van der Waals surface area contributed by atoms with Gasteiger partial charge in [0.15, 0.2) is 0 Å². The third-order valence-electron chi connectivity index (χ3n) is 3.22. The number of aliphatic hydroxyl groups is 2. The molecule has 2 rings (SSSR count). The van der Waals surface area contributed by atoms with E-state index >= 15 is 0 Å². The van der Waals surface area contributed by atoms with E-state index in [-0.39, 0.29) is 12.2 Å². The molecular formula is C15H18O4S.